The largest absolute Gasteiger partial charge is 0.478 e. The molecule has 2 amide bonds. The number of carboxylic acid groups (broad SMARTS) is 2. The molecule has 0 spiro atoms. The number of amides is 2. The molecule has 206 valence electrons. The van der Waals surface area contributed by atoms with Crippen molar-refractivity contribution in [1.29, 1.82) is 0 Å². The number of carbonyl (C=O) groups excluding carboxylic acids is 2. The van der Waals surface area contributed by atoms with Crippen molar-refractivity contribution < 1.29 is 38.9 Å². The molecule has 2 saturated heterocycles. The molecular weight excluding hydrogens is 494 g/mol. The summed E-state index contributed by atoms with van der Waals surface area (Å²) in [4.78, 5) is 50.0. The maximum Gasteiger partial charge on any atom is 0.328 e. The zero-order chi connectivity index (χ0) is 27.3. The highest BCUT2D eigenvalue weighted by Crippen LogP contribution is 2.32. The van der Waals surface area contributed by atoms with Gasteiger partial charge < -0.3 is 29.5 Å². The Morgan fingerprint density at radius 1 is 0.789 bits per heavy atom. The molecule has 0 atom stereocenters. The number of hydrogen-bond acceptors (Lipinski definition) is 7. The number of carboxylic acids is 2. The molecule has 2 N–H and O–H groups in total. The van der Waals surface area contributed by atoms with E-state index < -0.39 is 11.9 Å². The smallest absolute Gasteiger partial charge is 0.328 e. The van der Waals surface area contributed by atoms with E-state index in [4.69, 9.17) is 19.7 Å². The Labute approximate surface area is 221 Å². The summed E-state index contributed by atoms with van der Waals surface area (Å²) in [6.45, 7) is 6.42. The summed E-state index contributed by atoms with van der Waals surface area (Å²) in [6.07, 6.45) is 9.55. The standard InChI is InChI=1S/C23H31N3O4.C4H4O4/c27-22(25-11-3-4-12-25)5-1-2-10-24-13-15-26(16-14-24)23(28)9-7-19-6-8-20-21(17-19)30-18-29-20;5-3(6)1-2-4(7)8/h6-9,17H,1-5,10-16,18H2;1-2H,(H,5,6)(H,7,8)/b9-7+;2-1-. The fourth-order valence-corrected chi connectivity index (χ4v) is 4.36. The Kier molecular flexibility index (Phi) is 11.2. The van der Waals surface area contributed by atoms with Crippen molar-refractivity contribution >= 4 is 29.8 Å². The van der Waals surface area contributed by atoms with E-state index in [1.807, 2.05) is 34.1 Å². The second-order valence-electron chi connectivity index (χ2n) is 9.17. The van der Waals surface area contributed by atoms with Crippen LogP contribution in [0.4, 0.5) is 0 Å². The summed E-state index contributed by atoms with van der Waals surface area (Å²) in [5.74, 6) is -0.684. The van der Waals surface area contributed by atoms with Crippen LogP contribution in [0.5, 0.6) is 11.5 Å². The van der Waals surface area contributed by atoms with E-state index in [2.05, 4.69) is 4.90 Å². The van der Waals surface area contributed by atoms with Crippen molar-refractivity contribution in [3.05, 3.63) is 42.0 Å². The van der Waals surface area contributed by atoms with Crippen LogP contribution in [0.2, 0.25) is 0 Å². The van der Waals surface area contributed by atoms with E-state index >= 15 is 0 Å². The van der Waals surface area contributed by atoms with E-state index in [0.29, 0.717) is 24.5 Å². The number of hydrogen-bond donors (Lipinski definition) is 2. The minimum atomic E-state index is -1.26. The highest BCUT2D eigenvalue weighted by atomic mass is 16.7. The summed E-state index contributed by atoms with van der Waals surface area (Å²) >= 11 is 0. The summed E-state index contributed by atoms with van der Waals surface area (Å²) in [5, 5.41) is 15.6. The second kappa shape index (κ2) is 14.8. The third-order valence-corrected chi connectivity index (χ3v) is 6.44. The number of ether oxygens (including phenoxy) is 2. The third kappa shape index (κ3) is 9.55. The molecule has 3 aliphatic rings. The summed E-state index contributed by atoms with van der Waals surface area (Å²) in [7, 11) is 0. The average Bonchev–Trinajstić information content (AvgIpc) is 3.61. The fourth-order valence-electron chi connectivity index (χ4n) is 4.36. The molecule has 3 heterocycles. The zero-order valence-corrected chi connectivity index (χ0v) is 21.4. The van der Waals surface area contributed by atoms with Crippen LogP contribution < -0.4 is 9.47 Å². The summed E-state index contributed by atoms with van der Waals surface area (Å²) < 4.78 is 10.7. The van der Waals surface area contributed by atoms with Crippen LogP contribution in [-0.4, -0.2) is 101 Å². The van der Waals surface area contributed by atoms with Crippen molar-refractivity contribution in [3.63, 3.8) is 0 Å². The van der Waals surface area contributed by atoms with E-state index in [9.17, 15) is 19.2 Å². The van der Waals surface area contributed by atoms with Crippen LogP contribution in [-0.2, 0) is 19.2 Å². The van der Waals surface area contributed by atoms with Gasteiger partial charge in [0.1, 0.15) is 0 Å². The Bertz CT molecular complexity index is 1020. The molecule has 0 bridgehead atoms. The lowest BCUT2D eigenvalue weighted by Gasteiger charge is -2.34. The molecular formula is C27H35N3O8. The van der Waals surface area contributed by atoms with Crippen LogP contribution in [0.25, 0.3) is 6.08 Å². The van der Waals surface area contributed by atoms with Gasteiger partial charge in [-0.15, -0.1) is 0 Å². The molecule has 3 aliphatic heterocycles. The first kappa shape index (κ1) is 28.7. The third-order valence-electron chi connectivity index (χ3n) is 6.44. The fraction of sp³-hybridized carbons (Fsp3) is 0.481. The van der Waals surface area contributed by atoms with E-state index in [-0.39, 0.29) is 12.7 Å². The van der Waals surface area contributed by atoms with E-state index in [0.717, 1.165) is 88.6 Å². The second-order valence-corrected chi connectivity index (χ2v) is 9.17. The molecule has 2 fully saturated rings. The molecule has 1 aromatic rings. The number of rotatable bonds is 9. The molecule has 0 aromatic heterocycles. The molecule has 11 heteroatoms. The zero-order valence-electron chi connectivity index (χ0n) is 21.4. The van der Waals surface area contributed by atoms with Gasteiger partial charge in [0, 0.05) is 63.9 Å². The first-order chi connectivity index (χ1) is 18.3. The number of benzene rings is 1. The van der Waals surface area contributed by atoms with Gasteiger partial charge in [0.05, 0.1) is 0 Å². The van der Waals surface area contributed by atoms with E-state index in [1.54, 1.807) is 6.08 Å². The number of piperazine rings is 1. The van der Waals surface area contributed by atoms with Gasteiger partial charge in [0.25, 0.3) is 0 Å². The monoisotopic (exact) mass is 529 g/mol. The Morgan fingerprint density at radius 3 is 2.11 bits per heavy atom. The molecule has 0 aliphatic carbocycles. The molecule has 11 nitrogen and oxygen atoms in total. The van der Waals surface area contributed by atoms with E-state index in [1.165, 1.54) is 0 Å². The van der Waals surface area contributed by atoms with Crippen molar-refractivity contribution in [2.24, 2.45) is 0 Å². The molecule has 1 aromatic carbocycles. The SMILES string of the molecule is O=C(/C=C/c1ccc2c(c1)OCO2)N1CCN(CCCCC(=O)N2CCCC2)CC1.O=C(O)/C=C\C(=O)O. The van der Waals surface area contributed by atoms with Gasteiger partial charge in [-0.05, 0) is 56.0 Å². The van der Waals surface area contributed by atoms with Gasteiger partial charge in [-0.25, -0.2) is 9.59 Å². The lowest BCUT2D eigenvalue weighted by molar-refractivity contribution is -0.134. The van der Waals surface area contributed by atoms with Gasteiger partial charge in [-0.3, -0.25) is 14.5 Å². The van der Waals surface area contributed by atoms with Gasteiger partial charge in [-0.1, -0.05) is 6.07 Å². The van der Waals surface area contributed by atoms with Crippen molar-refractivity contribution in [2.75, 3.05) is 52.6 Å². The van der Waals surface area contributed by atoms with Crippen LogP contribution in [0.15, 0.2) is 36.4 Å². The van der Waals surface area contributed by atoms with Crippen LogP contribution in [0.1, 0.15) is 37.7 Å². The maximum atomic E-state index is 12.5. The molecule has 4 rings (SSSR count). The molecule has 0 radical (unpaired) electrons. The van der Waals surface area contributed by atoms with Crippen molar-refractivity contribution in [2.45, 2.75) is 32.1 Å². The minimum absolute atomic E-state index is 0.0449. The first-order valence-corrected chi connectivity index (χ1v) is 12.8. The molecule has 0 saturated carbocycles. The number of fused-ring (bicyclic) bond motifs is 1. The highest BCUT2D eigenvalue weighted by Gasteiger charge is 2.20. The lowest BCUT2D eigenvalue weighted by Crippen LogP contribution is -2.48. The summed E-state index contributed by atoms with van der Waals surface area (Å²) in [6, 6.07) is 5.67. The number of carbonyl (C=O) groups is 4. The molecule has 38 heavy (non-hydrogen) atoms. The van der Waals surface area contributed by atoms with Gasteiger partial charge in [-0.2, -0.15) is 0 Å². The predicted molar refractivity (Wildman–Crippen MR) is 139 cm³/mol. The number of nitrogens with zero attached hydrogens (tertiary/aromatic N) is 3. The van der Waals surface area contributed by atoms with Gasteiger partial charge >= 0.3 is 11.9 Å². The average molecular weight is 530 g/mol. The minimum Gasteiger partial charge on any atom is -0.478 e. The van der Waals surface area contributed by atoms with Gasteiger partial charge in [0.2, 0.25) is 18.6 Å². The Hall–Kier alpha value is -3.86. The van der Waals surface area contributed by atoms with Crippen LogP contribution in [0, 0.1) is 0 Å². The highest BCUT2D eigenvalue weighted by molar-refractivity contribution is 5.92. The quantitative estimate of drug-likeness (QED) is 0.364. The number of aliphatic carboxylic acids is 2. The van der Waals surface area contributed by atoms with Crippen molar-refractivity contribution in [3.8, 4) is 11.5 Å². The lowest BCUT2D eigenvalue weighted by atomic mass is 10.2. The predicted octanol–water partition coefficient (Wildman–Crippen LogP) is 2.08. The Morgan fingerprint density at radius 2 is 1.45 bits per heavy atom. The molecule has 0 unspecified atom stereocenters. The topological polar surface area (TPSA) is 137 Å². The van der Waals surface area contributed by atoms with Crippen LogP contribution >= 0.6 is 0 Å². The Balaban J connectivity index is 0.000000436. The van der Waals surface area contributed by atoms with Gasteiger partial charge in [0.15, 0.2) is 11.5 Å². The van der Waals surface area contributed by atoms with Crippen LogP contribution in [0.3, 0.4) is 0 Å². The normalized spacial score (nSPS) is 17.1. The van der Waals surface area contributed by atoms with Crippen molar-refractivity contribution in [1.82, 2.24) is 14.7 Å². The number of likely N-dealkylation sites (tertiary alicyclic amines) is 1. The number of unbranched alkanes of at least 4 members (excludes halogenated alkanes) is 1. The summed E-state index contributed by atoms with van der Waals surface area (Å²) in [5.41, 5.74) is 0.926. The maximum absolute atomic E-state index is 12.5. The first-order valence-electron chi connectivity index (χ1n) is 12.8.